The monoisotopic (exact) mass is 423 g/mol. The minimum atomic E-state index is -0.374. The third-order valence-corrected chi connectivity index (χ3v) is 5.56. The molecule has 3 rings (SSSR count). The molecule has 0 spiro atoms. The van der Waals surface area contributed by atoms with Crippen molar-refractivity contribution in [2.45, 2.75) is 6.54 Å². The van der Waals surface area contributed by atoms with Gasteiger partial charge in [0.25, 0.3) is 11.1 Å². The Bertz CT molecular complexity index is 945. The van der Waals surface area contributed by atoms with E-state index in [4.69, 9.17) is 32.7 Å². The number of methoxy groups -OCH3 is 2. The van der Waals surface area contributed by atoms with E-state index in [1.165, 1.54) is 19.1 Å². The van der Waals surface area contributed by atoms with Crippen LogP contribution in [0.15, 0.2) is 41.3 Å². The highest BCUT2D eigenvalue weighted by Gasteiger charge is 2.35. The SMILES string of the molecule is COc1cccc(/C=C2/SC(=O)N(Cc3ccc(Cl)c(Cl)c3)C2=O)c1OC. The summed E-state index contributed by atoms with van der Waals surface area (Å²) in [6.07, 6.45) is 1.63. The van der Waals surface area contributed by atoms with Crippen LogP contribution in [0.2, 0.25) is 10.0 Å². The number of nitrogens with zero attached hydrogens (tertiary/aromatic N) is 1. The standard InChI is InChI=1S/C19H15Cl2NO4S/c1-25-15-5-3-4-12(17(15)26-2)9-16-18(23)22(19(24)27-16)10-11-6-7-13(20)14(21)8-11/h3-9H,10H2,1-2H3/b16-9+. The predicted octanol–water partition coefficient (Wildman–Crippen LogP) is 5.25. The molecule has 140 valence electrons. The second kappa shape index (κ2) is 8.25. The van der Waals surface area contributed by atoms with E-state index in [1.807, 2.05) is 0 Å². The predicted molar refractivity (Wildman–Crippen MR) is 108 cm³/mol. The van der Waals surface area contributed by atoms with Gasteiger partial charge < -0.3 is 9.47 Å². The van der Waals surface area contributed by atoms with Crippen molar-refractivity contribution in [3.8, 4) is 11.5 Å². The molecule has 2 aromatic carbocycles. The number of amides is 2. The van der Waals surface area contributed by atoms with Crippen molar-refractivity contribution in [2.24, 2.45) is 0 Å². The fraction of sp³-hybridized carbons (Fsp3) is 0.158. The summed E-state index contributed by atoms with van der Waals surface area (Å²) in [5.74, 6) is 0.665. The number of rotatable bonds is 5. The van der Waals surface area contributed by atoms with Crippen molar-refractivity contribution in [1.82, 2.24) is 4.90 Å². The third-order valence-electron chi connectivity index (χ3n) is 3.92. The van der Waals surface area contributed by atoms with Crippen LogP contribution in [0.1, 0.15) is 11.1 Å². The second-order valence-electron chi connectivity index (χ2n) is 5.60. The van der Waals surface area contributed by atoms with Crippen LogP contribution < -0.4 is 9.47 Å². The number of para-hydroxylation sites is 1. The minimum absolute atomic E-state index is 0.119. The zero-order chi connectivity index (χ0) is 19.6. The average molecular weight is 424 g/mol. The highest BCUT2D eigenvalue weighted by Crippen LogP contribution is 2.37. The zero-order valence-electron chi connectivity index (χ0n) is 14.5. The van der Waals surface area contributed by atoms with E-state index in [1.54, 1.807) is 42.5 Å². The quantitative estimate of drug-likeness (QED) is 0.614. The van der Waals surface area contributed by atoms with E-state index in [-0.39, 0.29) is 17.7 Å². The maximum atomic E-state index is 12.7. The van der Waals surface area contributed by atoms with Crippen LogP contribution in [-0.2, 0) is 11.3 Å². The highest BCUT2D eigenvalue weighted by molar-refractivity contribution is 8.18. The maximum absolute atomic E-state index is 12.7. The normalized spacial score (nSPS) is 15.6. The van der Waals surface area contributed by atoms with Crippen molar-refractivity contribution in [3.05, 3.63) is 62.5 Å². The van der Waals surface area contributed by atoms with E-state index in [2.05, 4.69) is 0 Å². The number of thioether (sulfide) groups is 1. The average Bonchev–Trinajstić information content (AvgIpc) is 2.91. The molecule has 8 heteroatoms. The van der Waals surface area contributed by atoms with E-state index >= 15 is 0 Å². The smallest absolute Gasteiger partial charge is 0.293 e. The summed E-state index contributed by atoms with van der Waals surface area (Å²) in [5, 5.41) is 0.441. The Morgan fingerprint density at radius 2 is 1.85 bits per heavy atom. The number of hydrogen-bond donors (Lipinski definition) is 0. The van der Waals surface area contributed by atoms with Gasteiger partial charge in [0.15, 0.2) is 11.5 Å². The molecule has 1 fully saturated rings. The van der Waals surface area contributed by atoms with Crippen LogP contribution in [0.4, 0.5) is 4.79 Å². The Morgan fingerprint density at radius 3 is 2.52 bits per heavy atom. The topological polar surface area (TPSA) is 55.8 Å². The lowest BCUT2D eigenvalue weighted by molar-refractivity contribution is -0.123. The van der Waals surface area contributed by atoms with Gasteiger partial charge in [0.2, 0.25) is 0 Å². The van der Waals surface area contributed by atoms with Gasteiger partial charge in [-0.1, -0.05) is 41.4 Å². The molecule has 1 aliphatic heterocycles. The van der Waals surface area contributed by atoms with Gasteiger partial charge in [-0.15, -0.1) is 0 Å². The molecule has 0 aromatic heterocycles. The number of benzene rings is 2. The molecule has 1 heterocycles. The van der Waals surface area contributed by atoms with Crippen molar-refractivity contribution >= 4 is 52.2 Å². The van der Waals surface area contributed by atoms with Gasteiger partial charge in [-0.3, -0.25) is 14.5 Å². The number of ether oxygens (including phenoxy) is 2. The first-order valence-electron chi connectivity index (χ1n) is 7.85. The fourth-order valence-electron chi connectivity index (χ4n) is 2.62. The first-order chi connectivity index (χ1) is 12.9. The van der Waals surface area contributed by atoms with Gasteiger partial charge in [0, 0.05) is 5.56 Å². The lowest BCUT2D eigenvalue weighted by Gasteiger charge is -2.13. The number of hydrogen-bond acceptors (Lipinski definition) is 5. The molecule has 2 amide bonds. The second-order valence-corrected chi connectivity index (χ2v) is 7.41. The minimum Gasteiger partial charge on any atom is -0.493 e. The van der Waals surface area contributed by atoms with Crippen molar-refractivity contribution < 1.29 is 19.1 Å². The van der Waals surface area contributed by atoms with Crippen LogP contribution in [0.5, 0.6) is 11.5 Å². The summed E-state index contributed by atoms with van der Waals surface area (Å²) in [4.78, 5) is 26.5. The lowest BCUT2D eigenvalue weighted by atomic mass is 10.1. The van der Waals surface area contributed by atoms with Gasteiger partial charge in [-0.25, -0.2) is 0 Å². The molecule has 0 saturated carbocycles. The first kappa shape index (κ1) is 19.6. The highest BCUT2D eigenvalue weighted by atomic mass is 35.5. The molecule has 0 aliphatic carbocycles. The maximum Gasteiger partial charge on any atom is 0.293 e. The molecular weight excluding hydrogens is 409 g/mol. The van der Waals surface area contributed by atoms with Crippen LogP contribution >= 0.6 is 35.0 Å². The van der Waals surface area contributed by atoms with Crippen LogP contribution in [0, 0.1) is 0 Å². The molecule has 5 nitrogen and oxygen atoms in total. The van der Waals surface area contributed by atoms with Gasteiger partial charge in [0.1, 0.15) is 0 Å². The van der Waals surface area contributed by atoms with Gasteiger partial charge >= 0.3 is 0 Å². The summed E-state index contributed by atoms with van der Waals surface area (Å²) in [5.41, 5.74) is 1.36. The van der Waals surface area contributed by atoms with E-state index in [0.29, 0.717) is 37.6 Å². The van der Waals surface area contributed by atoms with Crippen molar-refractivity contribution in [3.63, 3.8) is 0 Å². The molecule has 0 N–H and O–H groups in total. The molecule has 0 bridgehead atoms. The van der Waals surface area contributed by atoms with Crippen molar-refractivity contribution in [1.29, 1.82) is 0 Å². The molecular formula is C19H15Cl2NO4S. The first-order valence-corrected chi connectivity index (χ1v) is 9.42. The molecule has 0 atom stereocenters. The number of imide groups is 1. The largest absolute Gasteiger partial charge is 0.493 e. The van der Waals surface area contributed by atoms with Gasteiger partial charge in [-0.05, 0) is 41.6 Å². The molecule has 0 radical (unpaired) electrons. The summed E-state index contributed by atoms with van der Waals surface area (Å²) >= 11 is 12.8. The number of halogens is 2. The molecule has 27 heavy (non-hydrogen) atoms. The van der Waals surface area contributed by atoms with E-state index in [0.717, 1.165) is 11.8 Å². The van der Waals surface area contributed by atoms with Gasteiger partial charge in [-0.2, -0.15) is 0 Å². The summed E-state index contributed by atoms with van der Waals surface area (Å²) < 4.78 is 10.6. The number of carbonyl (C=O) groups excluding carboxylic acids is 2. The molecule has 0 unspecified atom stereocenters. The zero-order valence-corrected chi connectivity index (χ0v) is 16.8. The van der Waals surface area contributed by atoms with Crippen LogP contribution in [0.3, 0.4) is 0 Å². The van der Waals surface area contributed by atoms with Crippen molar-refractivity contribution in [2.75, 3.05) is 14.2 Å². The molecule has 1 saturated heterocycles. The van der Waals surface area contributed by atoms with Crippen LogP contribution in [-0.4, -0.2) is 30.3 Å². The molecule has 2 aromatic rings. The van der Waals surface area contributed by atoms with Crippen LogP contribution in [0.25, 0.3) is 6.08 Å². The third kappa shape index (κ3) is 4.08. The lowest BCUT2D eigenvalue weighted by Crippen LogP contribution is -2.27. The summed E-state index contributed by atoms with van der Waals surface area (Å²) in [6, 6.07) is 10.3. The number of carbonyl (C=O) groups is 2. The van der Waals surface area contributed by atoms with E-state index < -0.39 is 0 Å². The Morgan fingerprint density at radius 1 is 1.07 bits per heavy atom. The Hall–Kier alpha value is -2.15. The summed E-state index contributed by atoms with van der Waals surface area (Å²) in [7, 11) is 3.05. The fourth-order valence-corrected chi connectivity index (χ4v) is 3.77. The Labute approximate surface area is 170 Å². The Kier molecular flexibility index (Phi) is 5.99. The summed E-state index contributed by atoms with van der Waals surface area (Å²) in [6.45, 7) is 0.119. The van der Waals surface area contributed by atoms with E-state index in [9.17, 15) is 9.59 Å². The molecule has 1 aliphatic rings. The van der Waals surface area contributed by atoms with Gasteiger partial charge in [0.05, 0.1) is 35.7 Å². The Balaban J connectivity index is 1.88.